The van der Waals surface area contributed by atoms with Gasteiger partial charge < -0.3 is 5.32 Å². The lowest BCUT2D eigenvalue weighted by molar-refractivity contribution is 0.0874. The van der Waals surface area contributed by atoms with Crippen molar-refractivity contribution in [2.45, 2.75) is 38.1 Å². The molecule has 0 unspecified atom stereocenters. The summed E-state index contributed by atoms with van der Waals surface area (Å²) < 4.78 is 0. The van der Waals surface area contributed by atoms with Crippen molar-refractivity contribution in [3.63, 3.8) is 0 Å². The number of carbonyl (C=O) groups excluding carboxylic acids is 1. The molecule has 0 bridgehead atoms. The molecule has 1 N–H and O–H groups in total. The lowest BCUT2D eigenvalue weighted by Crippen LogP contribution is -2.52. The first-order valence-electron chi connectivity index (χ1n) is 6.79. The van der Waals surface area contributed by atoms with Crippen LogP contribution in [0.25, 0.3) is 0 Å². The summed E-state index contributed by atoms with van der Waals surface area (Å²) in [5.41, 5.74) is 0.361. The van der Waals surface area contributed by atoms with E-state index >= 15 is 0 Å². The molecular weight excluding hydrogens is 361 g/mol. The van der Waals surface area contributed by atoms with Gasteiger partial charge in [0.25, 0.3) is 5.91 Å². The monoisotopic (exact) mass is 377 g/mol. The molecule has 1 fully saturated rings. The number of amides is 1. The second-order valence-electron chi connectivity index (χ2n) is 5.71. The highest BCUT2D eigenvalue weighted by Crippen LogP contribution is 2.33. The smallest absolute Gasteiger partial charge is 0.251 e. The van der Waals surface area contributed by atoms with Crippen LogP contribution in [0.3, 0.4) is 0 Å². The normalized spacial score (nSPS) is 26.3. The molecule has 0 radical (unpaired) electrons. The number of hydrogen-bond acceptors (Lipinski definition) is 1. The Morgan fingerprint density at radius 2 is 1.85 bits per heavy atom. The molecule has 0 heterocycles. The maximum absolute atomic E-state index is 12.4. The van der Waals surface area contributed by atoms with Crippen molar-refractivity contribution >= 4 is 45.0 Å². The number of hydrogen-bond donors (Lipinski definition) is 1. The van der Waals surface area contributed by atoms with Crippen LogP contribution in [0.4, 0.5) is 0 Å². The number of rotatable bonds is 3. The Balaban J connectivity index is 2.13. The number of benzene rings is 1. The van der Waals surface area contributed by atoms with Gasteiger partial charge in [-0.05, 0) is 49.8 Å². The molecule has 1 amide bonds. The molecule has 1 aliphatic rings. The van der Waals surface area contributed by atoms with Gasteiger partial charge >= 0.3 is 0 Å². The SMILES string of the molecule is CC1CCC(CBr)(NC(=O)c2cc(Cl)cc(Cl)c2)CC1. The van der Waals surface area contributed by atoms with E-state index in [2.05, 4.69) is 28.2 Å². The summed E-state index contributed by atoms with van der Waals surface area (Å²) in [6.07, 6.45) is 4.28. The molecule has 1 saturated carbocycles. The predicted octanol–water partition coefficient (Wildman–Crippen LogP) is 5.07. The molecule has 110 valence electrons. The van der Waals surface area contributed by atoms with Gasteiger partial charge in [0.1, 0.15) is 0 Å². The van der Waals surface area contributed by atoms with Gasteiger partial charge in [0, 0.05) is 20.9 Å². The zero-order valence-corrected chi connectivity index (χ0v) is 14.5. The molecule has 1 aromatic carbocycles. The molecular formula is C15H18BrCl2NO. The standard InChI is InChI=1S/C15H18BrCl2NO/c1-10-2-4-15(9-16,5-3-10)19-14(20)11-6-12(17)8-13(18)7-11/h6-8,10H,2-5,9H2,1H3,(H,19,20). The zero-order chi connectivity index (χ0) is 14.8. The third-order valence-electron chi connectivity index (χ3n) is 3.99. The maximum atomic E-state index is 12.4. The minimum atomic E-state index is -0.154. The van der Waals surface area contributed by atoms with E-state index in [-0.39, 0.29) is 11.4 Å². The molecule has 1 aromatic rings. The van der Waals surface area contributed by atoms with Gasteiger partial charge in [-0.25, -0.2) is 0 Å². The van der Waals surface area contributed by atoms with Crippen LogP contribution in [0, 0.1) is 5.92 Å². The van der Waals surface area contributed by atoms with Gasteiger partial charge in [-0.15, -0.1) is 0 Å². The second kappa shape index (κ2) is 6.67. The van der Waals surface area contributed by atoms with Crippen LogP contribution in [0.1, 0.15) is 43.0 Å². The van der Waals surface area contributed by atoms with Gasteiger partial charge in [-0.1, -0.05) is 46.1 Å². The number of carbonyl (C=O) groups is 1. The number of alkyl halides is 1. The second-order valence-corrected chi connectivity index (χ2v) is 7.14. The van der Waals surface area contributed by atoms with Crippen molar-refractivity contribution in [1.29, 1.82) is 0 Å². The third kappa shape index (κ3) is 3.90. The summed E-state index contributed by atoms with van der Waals surface area (Å²) in [7, 11) is 0. The van der Waals surface area contributed by atoms with Crippen LogP contribution in [0.5, 0.6) is 0 Å². The quantitative estimate of drug-likeness (QED) is 0.731. The van der Waals surface area contributed by atoms with E-state index in [1.807, 2.05) is 0 Å². The zero-order valence-electron chi connectivity index (χ0n) is 11.4. The Labute approximate surface area is 138 Å². The molecule has 2 nitrogen and oxygen atoms in total. The van der Waals surface area contributed by atoms with E-state index in [0.29, 0.717) is 15.6 Å². The molecule has 20 heavy (non-hydrogen) atoms. The lowest BCUT2D eigenvalue weighted by Gasteiger charge is -2.39. The van der Waals surface area contributed by atoms with Crippen LogP contribution in [0.2, 0.25) is 10.0 Å². The summed E-state index contributed by atoms with van der Waals surface area (Å²) in [6.45, 7) is 2.26. The molecule has 5 heteroatoms. The van der Waals surface area contributed by atoms with E-state index < -0.39 is 0 Å². The lowest BCUT2D eigenvalue weighted by atomic mass is 9.78. The fraction of sp³-hybridized carbons (Fsp3) is 0.533. The van der Waals surface area contributed by atoms with Crippen molar-refractivity contribution in [2.75, 3.05) is 5.33 Å². The maximum Gasteiger partial charge on any atom is 0.251 e. The largest absolute Gasteiger partial charge is 0.346 e. The van der Waals surface area contributed by atoms with Crippen molar-refractivity contribution < 1.29 is 4.79 Å². The summed E-state index contributed by atoms with van der Waals surface area (Å²) >= 11 is 15.5. The topological polar surface area (TPSA) is 29.1 Å². The fourth-order valence-corrected chi connectivity index (χ4v) is 3.83. The van der Waals surface area contributed by atoms with Gasteiger partial charge in [0.15, 0.2) is 0 Å². The summed E-state index contributed by atoms with van der Waals surface area (Å²) in [5, 5.41) is 4.90. The number of halogens is 3. The van der Waals surface area contributed by atoms with E-state index in [1.54, 1.807) is 18.2 Å². The molecule has 0 spiro atoms. The van der Waals surface area contributed by atoms with E-state index in [1.165, 1.54) is 0 Å². The highest BCUT2D eigenvalue weighted by atomic mass is 79.9. The first-order chi connectivity index (χ1) is 9.44. The van der Waals surface area contributed by atoms with E-state index in [4.69, 9.17) is 23.2 Å². The van der Waals surface area contributed by atoms with Crippen molar-refractivity contribution in [1.82, 2.24) is 5.32 Å². The van der Waals surface area contributed by atoms with Crippen LogP contribution >= 0.6 is 39.1 Å². The molecule has 0 aromatic heterocycles. The summed E-state index contributed by atoms with van der Waals surface area (Å²) in [5.74, 6) is 0.628. The molecule has 1 aliphatic carbocycles. The van der Waals surface area contributed by atoms with Crippen LogP contribution < -0.4 is 5.32 Å². The van der Waals surface area contributed by atoms with Crippen molar-refractivity contribution in [3.05, 3.63) is 33.8 Å². The fourth-order valence-electron chi connectivity index (χ4n) is 2.60. The van der Waals surface area contributed by atoms with Gasteiger partial charge in [-0.3, -0.25) is 4.79 Å². The Morgan fingerprint density at radius 3 is 2.35 bits per heavy atom. The minimum absolute atomic E-state index is 0.108. The average molecular weight is 379 g/mol. The van der Waals surface area contributed by atoms with Gasteiger partial charge in [0.2, 0.25) is 0 Å². The Morgan fingerprint density at radius 1 is 1.30 bits per heavy atom. The van der Waals surface area contributed by atoms with E-state index in [9.17, 15) is 4.79 Å². The average Bonchev–Trinajstić information content (AvgIpc) is 2.40. The van der Waals surface area contributed by atoms with Crippen LogP contribution in [0.15, 0.2) is 18.2 Å². The highest BCUT2D eigenvalue weighted by Gasteiger charge is 2.34. The van der Waals surface area contributed by atoms with Crippen LogP contribution in [-0.2, 0) is 0 Å². The Bertz CT molecular complexity index is 478. The highest BCUT2D eigenvalue weighted by molar-refractivity contribution is 9.09. The third-order valence-corrected chi connectivity index (χ3v) is 5.50. The van der Waals surface area contributed by atoms with Crippen molar-refractivity contribution in [2.24, 2.45) is 5.92 Å². The van der Waals surface area contributed by atoms with Gasteiger partial charge in [0.05, 0.1) is 5.54 Å². The molecule has 2 rings (SSSR count). The molecule has 0 aliphatic heterocycles. The van der Waals surface area contributed by atoms with Crippen LogP contribution in [-0.4, -0.2) is 16.8 Å². The summed E-state index contributed by atoms with van der Waals surface area (Å²) in [6, 6.07) is 4.93. The number of nitrogens with one attached hydrogen (secondary N) is 1. The Hall–Kier alpha value is -0.250. The van der Waals surface area contributed by atoms with E-state index in [0.717, 1.165) is 36.9 Å². The Kier molecular flexibility index (Phi) is 5.38. The van der Waals surface area contributed by atoms with Gasteiger partial charge in [-0.2, -0.15) is 0 Å². The molecule has 0 saturated heterocycles. The summed E-state index contributed by atoms with van der Waals surface area (Å²) in [4.78, 5) is 12.4. The minimum Gasteiger partial charge on any atom is -0.346 e. The van der Waals surface area contributed by atoms with Crippen molar-refractivity contribution in [3.8, 4) is 0 Å². The first-order valence-corrected chi connectivity index (χ1v) is 8.66. The molecule has 0 atom stereocenters. The predicted molar refractivity (Wildman–Crippen MR) is 88.1 cm³/mol. The first kappa shape index (κ1) is 16.1.